The largest absolute Gasteiger partial charge is 0.458 e. The van der Waals surface area contributed by atoms with E-state index >= 15 is 0 Å². The van der Waals surface area contributed by atoms with E-state index in [4.69, 9.17) is 4.74 Å². The Morgan fingerprint density at radius 3 is 2.59 bits per heavy atom. The standard InChI is InChI=1S/C18H19N5O4/c1-12-17(13(2)22(20-12)15-7-5-4-6-8-15)18(24)27-10-9-21-14(3)19-11-16(21)23(25)26/h4-8,11H,9-10H2,1-3H3. The maximum Gasteiger partial charge on any atom is 0.342 e. The summed E-state index contributed by atoms with van der Waals surface area (Å²) in [4.78, 5) is 26.9. The van der Waals surface area contributed by atoms with Crippen LogP contribution in [0.4, 0.5) is 5.82 Å². The molecule has 3 aromatic rings. The summed E-state index contributed by atoms with van der Waals surface area (Å²) in [5, 5.41) is 15.4. The second-order valence-electron chi connectivity index (χ2n) is 6.00. The van der Waals surface area contributed by atoms with Gasteiger partial charge in [-0.15, -0.1) is 0 Å². The minimum atomic E-state index is -0.514. The lowest BCUT2D eigenvalue weighted by Gasteiger charge is -2.07. The van der Waals surface area contributed by atoms with Crippen LogP contribution in [0.3, 0.4) is 0 Å². The Labute approximate surface area is 155 Å². The van der Waals surface area contributed by atoms with Crippen molar-refractivity contribution in [2.75, 3.05) is 6.61 Å². The Kier molecular flexibility index (Phi) is 5.02. The van der Waals surface area contributed by atoms with Gasteiger partial charge in [-0.2, -0.15) is 5.10 Å². The molecule has 0 radical (unpaired) electrons. The number of hydrogen-bond acceptors (Lipinski definition) is 6. The predicted octanol–water partition coefficient (Wildman–Crippen LogP) is 2.76. The summed E-state index contributed by atoms with van der Waals surface area (Å²) in [6.07, 6.45) is 1.19. The van der Waals surface area contributed by atoms with Crippen molar-refractivity contribution in [3.05, 3.63) is 69.4 Å². The van der Waals surface area contributed by atoms with Crippen LogP contribution in [0.25, 0.3) is 5.69 Å². The Hall–Kier alpha value is -3.49. The number of carbonyl (C=O) groups excluding carboxylic acids is 1. The van der Waals surface area contributed by atoms with Gasteiger partial charge >= 0.3 is 11.8 Å². The monoisotopic (exact) mass is 369 g/mol. The third-order valence-electron chi connectivity index (χ3n) is 4.27. The highest BCUT2D eigenvalue weighted by molar-refractivity contribution is 5.92. The molecule has 0 aliphatic heterocycles. The van der Waals surface area contributed by atoms with Gasteiger partial charge in [0.1, 0.15) is 24.9 Å². The molecule has 0 aliphatic carbocycles. The van der Waals surface area contributed by atoms with Gasteiger partial charge in [-0.1, -0.05) is 18.2 Å². The fourth-order valence-electron chi connectivity index (χ4n) is 2.94. The first kappa shape index (κ1) is 18.3. The molecule has 9 heteroatoms. The van der Waals surface area contributed by atoms with Crippen molar-refractivity contribution in [3.63, 3.8) is 0 Å². The van der Waals surface area contributed by atoms with Gasteiger partial charge in [0.25, 0.3) is 0 Å². The van der Waals surface area contributed by atoms with Gasteiger partial charge in [-0.25, -0.2) is 19.0 Å². The molecule has 0 bridgehead atoms. The molecule has 0 amide bonds. The summed E-state index contributed by atoms with van der Waals surface area (Å²) in [6, 6.07) is 9.49. The van der Waals surface area contributed by atoms with E-state index in [2.05, 4.69) is 10.1 Å². The van der Waals surface area contributed by atoms with Gasteiger partial charge in [-0.3, -0.25) is 0 Å². The van der Waals surface area contributed by atoms with Crippen LogP contribution < -0.4 is 0 Å². The van der Waals surface area contributed by atoms with Gasteiger partial charge in [0.15, 0.2) is 5.82 Å². The van der Waals surface area contributed by atoms with Crippen molar-refractivity contribution < 1.29 is 14.5 Å². The van der Waals surface area contributed by atoms with Gasteiger partial charge in [0.2, 0.25) is 0 Å². The van der Waals surface area contributed by atoms with Crippen LogP contribution >= 0.6 is 0 Å². The second-order valence-corrected chi connectivity index (χ2v) is 6.00. The summed E-state index contributed by atoms with van der Waals surface area (Å²) < 4.78 is 8.43. The molecule has 0 spiro atoms. The first-order valence-corrected chi connectivity index (χ1v) is 8.35. The molecule has 0 unspecified atom stereocenters. The number of hydrogen-bond donors (Lipinski definition) is 0. The molecule has 9 nitrogen and oxygen atoms in total. The van der Waals surface area contributed by atoms with E-state index in [1.807, 2.05) is 30.3 Å². The Balaban J connectivity index is 1.73. The summed E-state index contributed by atoms with van der Waals surface area (Å²) in [6.45, 7) is 5.35. The van der Waals surface area contributed by atoms with E-state index in [9.17, 15) is 14.9 Å². The Bertz CT molecular complexity index is 991. The lowest BCUT2D eigenvalue weighted by atomic mass is 10.2. The maximum atomic E-state index is 12.5. The van der Waals surface area contributed by atoms with Crippen molar-refractivity contribution in [2.45, 2.75) is 27.3 Å². The number of aromatic nitrogens is 4. The van der Waals surface area contributed by atoms with E-state index in [0.717, 1.165) is 5.69 Å². The van der Waals surface area contributed by atoms with Crippen LogP contribution in [-0.4, -0.2) is 36.8 Å². The number of benzene rings is 1. The molecule has 0 N–H and O–H groups in total. The first-order chi connectivity index (χ1) is 12.9. The fraction of sp³-hybridized carbons (Fsp3) is 0.278. The molecular weight excluding hydrogens is 350 g/mol. The molecular formula is C18H19N5O4. The van der Waals surface area contributed by atoms with Crippen LogP contribution in [0.2, 0.25) is 0 Å². The van der Waals surface area contributed by atoms with E-state index in [1.165, 1.54) is 10.8 Å². The van der Waals surface area contributed by atoms with Gasteiger partial charge in [0.05, 0.1) is 17.1 Å². The molecule has 3 rings (SSSR count). The molecule has 140 valence electrons. The van der Waals surface area contributed by atoms with Crippen LogP contribution in [0.5, 0.6) is 0 Å². The van der Waals surface area contributed by atoms with Crippen molar-refractivity contribution in [3.8, 4) is 5.69 Å². The lowest BCUT2D eigenvalue weighted by Crippen LogP contribution is -2.15. The number of nitrogens with zero attached hydrogens (tertiary/aromatic N) is 5. The van der Waals surface area contributed by atoms with E-state index in [1.54, 1.807) is 25.5 Å². The average molecular weight is 369 g/mol. The number of carbonyl (C=O) groups is 1. The van der Waals surface area contributed by atoms with Crippen LogP contribution in [0.15, 0.2) is 36.5 Å². The van der Waals surface area contributed by atoms with Crippen LogP contribution in [0, 0.1) is 30.9 Å². The maximum absolute atomic E-state index is 12.5. The normalized spacial score (nSPS) is 10.8. The molecule has 0 saturated carbocycles. The zero-order valence-corrected chi connectivity index (χ0v) is 15.2. The second kappa shape index (κ2) is 7.40. The summed E-state index contributed by atoms with van der Waals surface area (Å²) in [5.74, 6) is -0.151. The summed E-state index contributed by atoms with van der Waals surface area (Å²) in [7, 11) is 0. The fourth-order valence-corrected chi connectivity index (χ4v) is 2.94. The minimum absolute atomic E-state index is 0.00767. The Morgan fingerprint density at radius 2 is 1.93 bits per heavy atom. The van der Waals surface area contributed by atoms with Crippen molar-refractivity contribution in [1.82, 2.24) is 19.3 Å². The number of aryl methyl sites for hydroxylation is 2. The number of para-hydroxylation sites is 1. The smallest absolute Gasteiger partial charge is 0.342 e. The number of imidazole rings is 1. The molecule has 2 heterocycles. The molecule has 0 aliphatic rings. The minimum Gasteiger partial charge on any atom is -0.458 e. The quantitative estimate of drug-likeness (QED) is 0.376. The van der Waals surface area contributed by atoms with Crippen LogP contribution in [0.1, 0.15) is 27.6 Å². The zero-order valence-electron chi connectivity index (χ0n) is 15.2. The third-order valence-corrected chi connectivity index (χ3v) is 4.27. The SMILES string of the molecule is Cc1nn(-c2ccccc2)c(C)c1C(=O)OCCn1c([N+](=O)[O-])cnc1C. The molecule has 27 heavy (non-hydrogen) atoms. The molecule has 0 saturated heterocycles. The molecule has 2 aromatic heterocycles. The summed E-state index contributed by atoms with van der Waals surface area (Å²) >= 11 is 0. The lowest BCUT2D eigenvalue weighted by molar-refractivity contribution is -0.392. The number of ether oxygens (including phenoxy) is 1. The molecule has 1 aromatic carbocycles. The highest BCUT2D eigenvalue weighted by Crippen LogP contribution is 2.19. The Morgan fingerprint density at radius 1 is 1.22 bits per heavy atom. The van der Waals surface area contributed by atoms with Crippen molar-refractivity contribution in [2.24, 2.45) is 0 Å². The highest BCUT2D eigenvalue weighted by atomic mass is 16.6. The third kappa shape index (κ3) is 3.57. The van der Waals surface area contributed by atoms with E-state index in [0.29, 0.717) is 22.8 Å². The first-order valence-electron chi connectivity index (χ1n) is 8.35. The predicted molar refractivity (Wildman–Crippen MR) is 96.9 cm³/mol. The number of esters is 1. The molecule has 0 atom stereocenters. The topological polar surface area (TPSA) is 105 Å². The zero-order chi connectivity index (χ0) is 19.6. The number of rotatable bonds is 6. The van der Waals surface area contributed by atoms with Crippen molar-refractivity contribution in [1.29, 1.82) is 0 Å². The van der Waals surface area contributed by atoms with Crippen LogP contribution in [-0.2, 0) is 11.3 Å². The molecule has 0 fully saturated rings. The number of nitro groups is 1. The van der Waals surface area contributed by atoms with E-state index in [-0.39, 0.29) is 19.0 Å². The average Bonchev–Trinajstić information content (AvgIpc) is 3.15. The van der Waals surface area contributed by atoms with Gasteiger partial charge < -0.3 is 14.9 Å². The van der Waals surface area contributed by atoms with Crippen molar-refractivity contribution >= 4 is 11.8 Å². The van der Waals surface area contributed by atoms with E-state index < -0.39 is 10.9 Å². The highest BCUT2D eigenvalue weighted by Gasteiger charge is 2.22. The van der Waals surface area contributed by atoms with Gasteiger partial charge in [-0.05, 0) is 30.9 Å². The summed E-state index contributed by atoms with van der Waals surface area (Å²) in [5.41, 5.74) is 2.48. The van der Waals surface area contributed by atoms with Gasteiger partial charge in [0, 0.05) is 6.92 Å².